The van der Waals surface area contributed by atoms with E-state index in [2.05, 4.69) is 0 Å². The van der Waals surface area contributed by atoms with E-state index in [-0.39, 0.29) is 17.9 Å². The summed E-state index contributed by atoms with van der Waals surface area (Å²) in [5.41, 5.74) is 5.96. The minimum Gasteiger partial charge on any atom is -0.368 e. The second-order valence-electron chi connectivity index (χ2n) is 3.87. The molecule has 6 nitrogen and oxygen atoms in total. The lowest BCUT2D eigenvalue weighted by molar-refractivity contribution is -0.384. The van der Waals surface area contributed by atoms with Crippen molar-refractivity contribution in [3.05, 3.63) is 32.8 Å². The van der Waals surface area contributed by atoms with E-state index in [0.29, 0.717) is 17.0 Å². The Morgan fingerprint density at radius 3 is 2.61 bits per heavy atom. The highest BCUT2D eigenvalue weighted by Crippen LogP contribution is 2.33. The number of nitrogens with zero attached hydrogens (tertiary/aromatic N) is 2. The number of carbonyl (C=O) groups excluding carboxylic acids is 1. The second kappa shape index (κ2) is 5.68. The first kappa shape index (κ1) is 14.2. The van der Waals surface area contributed by atoms with Crippen LogP contribution in [0.3, 0.4) is 0 Å². The van der Waals surface area contributed by atoms with Crippen molar-refractivity contribution in [1.29, 1.82) is 0 Å². The number of hydrogen-bond donors (Lipinski definition) is 1. The summed E-state index contributed by atoms with van der Waals surface area (Å²) in [6.07, 6.45) is 0.597. The van der Waals surface area contributed by atoms with Gasteiger partial charge in [0.2, 0.25) is 5.91 Å². The monoisotopic (exact) mass is 271 g/mol. The number of primary amides is 1. The molecule has 0 aliphatic carbocycles. The van der Waals surface area contributed by atoms with Gasteiger partial charge in [-0.15, -0.1) is 0 Å². The molecule has 2 N–H and O–H groups in total. The molecule has 1 amide bonds. The summed E-state index contributed by atoms with van der Waals surface area (Å²) in [7, 11) is 1.55. The van der Waals surface area contributed by atoms with Crippen LogP contribution in [-0.2, 0) is 11.2 Å². The van der Waals surface area contributed by atoms with Crippen molar-refractivity contribution >= 4 is 28.9 Å². The molecule has 0 heterocycles. The van der Waals surface area contributed by atoms with Crippen molar-refractivity contribution in [2.75, 3.05) is 18.5 Å². The molecule has 0 atom stereocenters. The molecule has 0 unspecified atom stereocenters. The largest absolute Gasteiger partial charge is 0.368 e. The normalized spacial score (nSPS) is 10.2. The molecule has 1 aromatic carbocycles. The lowest BCUT2D eigenvalue weighted by Gasteiger charge is -2.18. The van der Waals surface area contributed by atoms with Gasteiger partial charge in [0, 0.05) is 18.1 Å². The summed E-state index contributed by atoms with van der Waals surface area (Å²) < 4.78 is 0. The van der Waals surface area contributed by atoms with Crippen LogP contribution in [0.15, 0.2) is 12.1 Å². The van der Waals surface area contributed by atoms with Gasteiger partial charge in [0.25, 0.3) is 5.69 Å². The van der Waals surface area contributed by atoms with Crippen LogP contribution >= 0.6 is 11.6 Å². The smallest absolute Gasteiger partial charge is 0.292 e. The third kappa shape index (κ3) is 3.10. The Bertz CT molecular complexity index is 491. The highest BCUT2D eigenvalue weighted by atomic mass is 35.5. The maximum Gasteiger partial charge on any atom is 0.292 e. The van der Waals surface area contributed by atoms with E-state index in [1.165, 1.54) is 17.0 Å². The van der Waals surface area contributed by atoms with Crippen molar-refractivity contribution in [1.82, 2.24) is 0 Å². The van der Waals surface area contributed by atoms with E-state index in [4.69, 9.17) is 17.3 Å². The zero-order valence-electron chi connectivity index (χ0n) is 10.1. The second-order valence-corrected chi connectivity index (χ2v) is 4.27. The number of rotatable bonds is 5. The highest BCUT2D eigenvalue weighted by Gasteiger charge is 2.20. The topological polar surface area (TPSA) is 89.5 Å². The van der Waals surface area contributed by atoms with Crippen LogP contribution in [0.2, 0.25) is 5.02 Å². The number of halogens is 1. The molecular formula is C11H14ClN3O3. The van der Waals surface area contributed by atoms with Crippen molar-refractivity contribution in [2.24, 2.45) is 5.73 Å². The van der Waals surface area contributed by atoms with Crippen molar-refractivity contribution in [2.45, 2.75) is 13.3 Å². The molecule has 0 aliphatic heterocycles. The number of carbonyl (C=O) groups is 1. The van der Waals surface area contributed by atoms with Crippen molar-refractivity contribution < 1.29 is 9.72 Å². The Labute approximate surface area is 109 Å². The fraction of sp³-hybridized carbons (Fsp3) is 0.364. The molecule has 1 aromatic rings. The van der Waals surface area contributed by atoms with Gasteiger partial charge < -0.3 is 10.6 Å². The molecule has 98 valence electrons. The molecule has 0 spiro atoms. The fourth-order valence-electron chi connectivity index (χ4n) is 1.64. The van der Waals surface area contributed by atoms with Gasteiger partial charge in [-0.1, -0.05) is 18.5 Å². The summed E-state index contributed by atoms with van der Waals surface area (Å²) >= 11 is 6.02. The first-order chi connectivity index (χ1) is 8.36. The van der Waals surface area contributed by atoms with Crippen LogP contribution in [-0.4, -0.2) is 24.4 Å². The zero-order chi connectivity index (χ0) is 13.9. The molecule has 7 heteroatoms. The SMILES string of the molecule is CCc1cc([N+](=O)[O-])c(N(C)CC(N)=O)cc1Cl. The third-order valence-electron chi connectivity index (χ3n) is 2.53. The fourth-order valence-corrected chi connectivity index (χ4v) is 1.93. The lowest BCUT2D eigenvalue weighted by Crippen LogP contribution is -2.30. The summed E-state index contributed by atoms with van der Waals surface area (Å²) in [4.78, 5) is 22.8. The quantitative estimate of drug-likeness (QED) is 0.652. The number of benzene rings is 1. The lowest BCUT2D eigenvalue weighted by atomic mass is 10.1. The molecular weight excluding hydrogens is 258 g/mol. The minimum absolute atomic E-state index is 0.0833. The van der Waals surface area contributed by atoms with E-state index in [0.717, 1.165) is 0 Å². The maximum absolute atomic E-state index is 11.0. The Hall–Kier alpha value is -1.82. The number of anilines is 1. The zero-order valence-corrected chi connectivity index (χ0v) is 10.9. The summed E-state index contributed by atoms with van der Waals surface area (Å²) in [5.74, 6) is -0.567. The molecule has 0 saturated heterocycles. The average molecular weight is 272 g/mol. The van der Waals surface area contributed by atoms with Crippen LogP contribution in [0.5, 0.6) is 0 Å². The standard InChI is InChI=1S/C11H14ClN3O3/c1-3-7-4-10(15(17)18)9(5-8(7)12)14(2)6-11(13)16/h4-5H,3,6H2,1-2H3,(H2,13,16). The number of hydrogen-bond acceptors (Lipinski definition) is 4. The van der Waals surface area contributed by atoms with E-state index < -0.39 is 10.8 Å². The predicted molar refractivity (Wildman–Crippen MR) is 69.9 cm³/mol. The summed E-state index contributed by atoms with van der Waals surface area (Å²) in [6.45, 7) is 1.75. The van der Waals surface area contributed by atoms with Gasteiger partial charge in [-0.25, -0.2) is 0 Å². The Balaban J connectivity index is 3.28. The summed E-state index contributed by atoms with van der Waals surface area (Å²) in [6, 6.07) is 2.91. The number of likely N-dealkylation sites (N-methyl/N-ethyl adjacent to an activating group) is 1. The first-order valence-electron chi connectivity index (χ1n) is 5.33. The number of nitrogens with two attached hydrogens (primary N) is 1. The Kier molecular flexibility index (Phi) is 4.49. The van der Waals surface area contributed by atoms with Crippen molar-refractivity contribution in [3.63, 3.8) is 0 Å². The van der Waals surface area contributed by atoms with Gasteiger partial charge in [0.05, 0.1) is 11.5 Å². The minimum atomic E-state index is -0.567. The molecule has 1 rings (SSSR count). The van der Waals surface area contributed by atoms with Gasteiger partial charge >= 0.3 is 0 Å². The molecule has 0 fully saturated rings. The Morgan fingerprint density at radius 2 is 2.17 bits per heavy atom. The van der Waals surface area contributed by atoms with Crippen LogP contribution in [0.4, 0.5) is 11.4 Å². The van der Waals surface area contributed by atoms with Crippen LogP contribution in [0.1, 0.15) is 12.5 Å². The van der Waals surface area contributed by atoms with Gasteiger partial charge in [0.15, 0.2) is 0 Å². The van der Waals surface area contributed by atoms with Crippen LogP contribution in [0.25, 0.3) is 0 Å². The van der Waals surface area contributed by atoms with Gasteiger partial charge in [-0.3, -0.25) is 14.9 Å². The Morgan fingerprint density at radius 1 is 1.56 bits per heavy atom. The van der Waals surface area contributed by atoms with E-state index in [1.807, 2.05) is 6.92 Å². The van der Waals surface area contributed by atoms with E-state index in [1.54, 1.807) is 7.05 Å². The molecule has 0 bridgehead atoms. The third-order valence-corrected chi connectivity index (χ3v) is 2.88. The van der Waals surface area contributed by atoms with E-state index >= 15 is 0 Å². The summed E-state index contributed by atoms with van der Waals surface area (Å²) in [5, 5.41) is 11.5. The molecule has 0 saturated carbocycles. The number of amides is 1. The van der Waals surface area contributed by atoms with Crippen LogP contribution in [0, 0.1) is 10.1 Å². The van der Waals surface area contributed by atoms with Gasteiger partial charge in [-0.2, -0.15) is 0 Å². The number of aryl methyl sites for hydroxylation is 1. The van der Waals surface area contributed by atoms with Gasteiger partial charge in [-0.05, 0) is 18.1 Å². The first-order valence-corrected chi connectivity index (χ1v) is 5.70. The molecule has 0 radical (unpaired) electrons. The van der Waals surface area contributed by atoms with Gasteiger partial charge in [0.1, 0.15) is 5.69 Å². The number of nitro groups is 1. The van der Waals surface area contributed by atoms with Crippen molar-refractivity contribution in [3.8, 4) is 0 Å². The molecule has 0 aromatic heterocycles. The van der Waals surface area contributed by atoms with E-state index in [9.17, 15) is 14.9 Å². The highest BCUT2D eigenvalue weighted by molar-refractivity contribution is 6.31. The molecule has 18 heavy (non-hydrogen) atoms. The maximum atomic E-state index is 11.0. The predicted octanol–water partition coefficient (Wildman–Crippen LogP) is 1.73. The average Bonchev–Trinajstić information content (AvgIpc) is 2.27. The molecule has 0 aliphatic rings. The van der Waals surface area contributed by atoms with Crippen LogP contribution < -0.4 is 10.6 Å². The number of nitro benzene ring substituents is 1.